The summed E-state index contributed by atoms with van der Waals surface area (Å²) in [6.45, 7) is 4.66. The molecule has 0 aromatic heterocycles. The fourth-order valence-corrected chi connectivity index (χ4v) is 3.22. The SMILES string of the molecule is COc1ccc(C(=O)Nc2ccc(N3CCN(C(C)=O)CC3)cc2)c(OC)c1. The first-order valence-electron chi connectivity index (χ1n) is 9.15. The van der Waals surface area contributed by atoms with Crippen LogP contribution in [0.15, 0.2) is 42.5 Å². The number of piperazine rings is 1. The van der Waals surface area contributed by atoms with E-state index in [1.807, 2.05) is 29.2 Å². The zero-order chi connectivity index (χ0) is 20.1. The monoisotopic (exact) mass is 383 g/mol. The Kier molecular flexibility index (Phi) is 6.03. The van der Waals surface area contributed by atoms with Gasteiger partial charge in [0.1, 0.15) is 11.5 Å². The summed E-state index contributed by atoms with van der Waals surface area (Å²) in [6, 6.07) is 12.8. The lowest BCUT2D eigenvalue weighted by atomic mass is 10.1. The van der Waals surface area contributed by atoms with Gasteiger partial charge in [-0.25, -0.2) is 0 Å². The minimum absolute atomic E-state index is 0.117. The van der Waals surface area contributed by atoms with Crippen molar-refractivity contribution in [2.24, 2.45) is 0 Å². The molecule has 1 saturated heterocycles. The zero-order valence-corrected chi connectivity index (χ0v) is 16.4. The molecule has 2 aromatic carbocycles. The average Bonchev–Trinajstić information content (AvgIpc) is 2.73. The quantitative estimate of drug-likeness (QED) is 0.859. The molecule has 0 aliphatic carbocycles. The number of nitrogens with zero attached hydrogens (tertiary/aromatic N) is 2. The van der Waals surface area contributed by atoms with Crippen LogP contribution in [0.5, 0.6) is 11.5 Å². The number of ether oxygens (including phenoxy) is 2. The summed E-state index contributed by atoms with van der Waals surface area (Å²) in [7, 11) is 3.09. The van der Waals surface area contributed by atoms with Gasteiger partial charge in [-0.05, 0) is 36.4 Å². The summed E-state index contributed by atoms with van der Waals surface area (Å²) < 4.78 is 10.5. The number of methoxy groups -OCH3 is 2. The lowest BCUT2D eigenvalue weighted by Crippen LogP contribution is -2.48. The van der Waals surface area contributed by atoms with Crippen LogP contribution in [0.4, 0.5) is 11.4 Å². The highest BCUT2D eigenvalue weighted by molar-refractivity contribution is 6.06. The lowest BCUT2D eigenvalue weighted by molar-refractivity contribution is -0.129. The third-order valence-electron chi connectivity index (χ3n) is 4.87. The number of hydrogen-bond acceptors (Lipinski definition) is 5. The van der Waals surface area contributed by atoms with E-state index in [4.69, 9.17) is 9.47 Å². The molecule has 0 unspecified atom stereocenters. The fourth-order valence-electron chi connectivity index (χ4n) is 3.22. The summed E-state index contributed by atoms with van der Waals surface area (Å²) in [5.74, 6) is 0.952. The normalized spacial score (nSPS) is 13.8. The standard InChI is InChI=1S/C21H25N3O4/c1-15(25)23-10-12-24(13-11-23)17-6-4-16(5-7-17)22-21(26)19-9-8-18(27-2)14-20(19)28-3/h4-9,14H,10-13H2,1-3H3,(H,22,26). The highest BCUT2D eigenvalue weighted by atomic mass is 16.5. The first-order chi connectivity index (χ1) is 13.5. The average molecular weight is 383 g/mol. The van der Waals surface area contributed by atoms with E-state index in [1.165, 1.54) is 7.11 Å². The number of rotatable bonds is 5. The summed E-state index contributed by atoms with van der Waals surface area (Å²) in [5.41, 5.74) is 2.21. The van der Waals surface area contributed by atoms with Crippen LogP contribution in [-0.2, 0) is 4.79 Å². The first-order valence-corrected chi connectivity index (χ1v) is 9.15. The van der Waals surface area contributed by atoms with Crippen molar-refractivity contribution in [3.05, 3.63) is 48.0 Å². The van der Waals surface area contributed by atoms with Gasteiger partial charge in [-0.2, -0.15) is 0 Å². The van der Waals surface area contributed by atoms with E-state index >= 15 is 0 Å². The van der Waals surface area contributed by atoms with E-state index in [2.05, 4.69) is 10.2 Å². The molecule has 28 heavy (non-hydrogen) atoms. The second-order valence-electron chi connectivity index (χ2n) is 6.56. The molecule has 2 amide bonds. The van der Waals surface area contributed by atoms with E-state index in [0.29, 0.717) is 22.7 Å². The maximum Gasteiger partial charge on any atom is 0.259 e. The van der Waals surface area contributed by atoms with Gasteiger partial charge in [0.25, 0.3) is 5.91 Å². The highest BCUT2D eigenvalue weighted by Gasteiger charge is 2.19. The summed E-state index contributed by atoms with van der Waals surface area (Å²) in [4.78, 5) is 28.1. The van der Waals surface area contributed by atoms with Gasteiger partial charge in [-0.15, -0.1) is 0 Å². The van der Waals surface area contributed by atoms with Crippen LogP contribution >= 0.6 is 0 Å². The van der Waals surface area contributed by atoms with E-state index < -0.39 is 0 Å². The van der Waals surface area contributed by atoms with Crippen LogP contribution in [0.25, 0.3) is 0 Å². The summed E-state index contributed by atoms with van der Waals surface area (Å²) >= 11 is 0. The molecule has 0 radical (unpaired) electrons. The van der Waals surface area contributed by atoms with Crippen LogP contribution in [-0.4, -0.2) is 57.1 Å². The molecule has 2 aromatic rings. The van der Waals surface area contributed by atoms with Crippen molar-refractivity contribution in [3.8, 4) is 11.5 Å². The van der Waals surface area contributed by atoms with Crippen molar-refractivity contribution in [2.75, 3.05) is 50.6 Å². The van der Waals surface area contributed by atoms with Crippen LogP contribution in [0.3, 0.4) is 0 Å². The molecule has 7 nitrogen and oxygen atoms in total. The molecule has 1 aliphatic rings. The van der Waals surface area contributed by atoms with Gasteiger partial charge in [0.2, 0.25) is 5.91 Å². The molecular formula is C21H25N3O4. The third kappa shape index (κ3) is 4.36. The molecule has 1 heterocycles. The summed E-state index contributed by atoms with van der Waals surface area (Å²) in [6.07, 6.45) is 0. The number of hydrogen-bond donors (Lipinski definition) is 1. The molecule has 0 atom stereocenters. The van der Waals surface area contributed by atoms with Gasteiger partial charge in [0, 0.05) is 50.5 Å². The predicted molar refractivity (Wildman–Crippen MR) is 108 cm³/mol. The second kappa shape index (κ2) is 8.65. The van der Waals surface area contributed by atoms with Crippen molar-refractivity contribution < 1.29 is 19.1 Å². The van der Waals surface area contributed by atoms with Gasteiger partial charge < -0.3 is 24.6 Å². The third-order valence-corrected chi connectivity index (χ3v) is 4.87. The minimum atomic E-state index is -0.248. The Morgan fingerprint density at radius 1 is 0.929 bits per heavy atom. The molecule has 7 heteroatoms. The molecule has 0 bridgehead atoms. The van der Waals surface area contributed by atoms with E-state index in [9.17, 15) is 9.59 Å². The van der Waals surface area contributed by atoms with Gasteiger partial charge in [0.05, 0.1) is 19.8 Å². The minimum Gasteiger partial charge on any atom is -0.497 e. The molecular weight excluding hydrogens is 358 g/mol. The predicted octanol–water partition coefficient (Wildman–Crippen LogP) is 2.62. The Bertz CT molecular complexity index is 843. The molecule has 1 N–H and O–H groups in total. The van der Waals surface area contributed by atoms with E-state index in [-0.39, 0.29) is 11.8 Å². The molecule has 1 aliphatic heterocycles. The number of carbonyl (C=O) groups is 2. The van der Waals surface area contributed by atoms with E-state index in [1.54, 1.807) is 32.2 Å². The van der Waals surface area contributed by atoms with Gasteiger partial charge in [-0.1, -0.05) is 0 Å². The molecule has 0 spiro atoms. The number of nitrogens with one attached hydrogen (secondary N) is 1. The number of amides is 2. The van der Waals surface area contributed by atoms with Crippen molar-refractivity contribution in [1.29, 1.82) is 0 Å². The number of carbonyl (C=O) groups excluding carboxylic acids is 2. The molecule has 1 fully saturated rings. The van der Waals surface area contributed by atoms with Crippen molar-refractivity contribution in [1.82, 2.24) is 4.90 Å². The van der Waals surface area contributed by atoms with Crippen LogP contribution in [0, 0.1) is 0 Å². The topological polar surface area (TPSA) is 71.1 Å². The van der Waals surface area contributed by atoms with Crippen molar-refractivity contribution in [2.45, 2.75) is 6.92 Å². The van der Waals surface area contributed by atoms with Crippen molar-refractivity contribution >= 4 is 23.2 Å². The molecule has 148 valence electrons. The Labute approximate surface area is 164 Å². The van der Waals surface area contributed by atoms with Crippen LogP contribution < -0.4 is 19.7 Å². The largest absolute Gasteiger partial charge is 0.497 e. The van der Waals surface area contributed by atoms with Crippen LogP contribution in [0.2, 0.25) is 0 Å². The lowest BCUT2D eigenvalue weighted by Gasteiger charge is -2.35. The summed E-state index contributed by atoms with van der Waals surface area (Å²) in [5, 5.41) is 2.89. The molecule has 0 saturated carbocycles. The smallest absolute Gasteiger partial charge is 0.259 e. The second-order valence-corrected chi connectivity index (χ2v) is 6.56. The zero-order valence-electron chi connectivity index (χ0n) is 16.4. The Hall–Kier alpha value is -3.22. The maximum atomic E-state index is 12.6. The Morgan fingerprint density at radius 2 is 1.61 bits per heavy atom. The number of benzene rings is 2. The van der Waals surface area contributed by atoms with Gasteiger partial charge in [-0.3, -0.25) is 9.59 Å². The van der Waals surface area contributed by atoms with E-state index in [0.717, 1.165) is 31.9 Å². The first kappa shape index (κ1) is 19.5. The molecule has 3 rings (SSSR count). The Morgan fingerprint density at radius 3 is 2.18 bits per heavy atom. The number of anilines is 2. The highest BCUT2D eigenvalue weighted by Crippen LogP contribution is 2.26. The Balaban J connectivity index is 1.65. The van der Waals surface area contributed by atoms with Gasteiger partial charge >= 0.3 is 0 Å². The fraction of sp³-hybridized carbons (Fsp3) is 0.333. The maximum absolute atomic E-state index is 12.6. The van der Waals surface area contributed by atoms with Gasteiger partial charge in [0.15, 0.2) is 0 Å². The van der Waals surface area contributed by atoms with Crippen molar-refractivity contribution in [3.63, 3.8) is 0 Å². The van der Waals surface area contributed by atoms with Crippen LogP contribution in [0.1, 0.15) is 17.3 Å².